The van der Waals surface area contributed by atoms with Gasteiger partial charge in [0.05, 0.1) is 0 Å². The highest BCUT2D eigenvalue weighted by Crippen LogP contribution is 2.44. The van der Waals surface area contributed by atoms with E-state index in [0.717, 1.165) is 32.1 Å². The van der Waals surface area contributed by atoms with Gasteiger partial charge in [-0.2, -0.15) is 0 Å². The smallest absolute Gasteiger partial charge is 0.289 e. The number of hydrogen-bond acceptors (Lipinski definition) is 3. The van der Waals surface area contributed by atoms with E-state index in [0.29, 0.717) is 0 Å². The third-order valence-electron chi connectivity index (χ3n) is 4.18. The maximum absolute atomic E-state index is 13.8. The second kappa shape index (κ2) is 4.98. The first-order chi connectivity index (χ1) is 9.95. The molecule has 1 aromatic carbocycles. The molecule has 0 atom stereocenters. The third kappa shape index (κ3) is 2.39. The van der Waals surface area contributed by atoms with Gasteiger partial charge >= 0.3 is 0 Å². The SMILES string of the molecule is CC1(C)OC2(CCCCC2)N(Oc2ccccc2F)C1=O. The van der Waals surface area contributed by atoms with Gasteiger partial charge in [0.2, 0.25) is 0 Å². The van der Waals surface area contributed by atoms with Crippen LogP contribution in [-0.2, 0) is 9.53 Å². The number of carbonyl (C=O) groups excluding carboxylic acids is 1. The lowest BCUT2D eigenvalue weighted by atomic mass is 9.92. The van der Waals surface area contributed by atoms with Crippen molar-refractivity contribution in [1.82, 2.24) is 5.06 Å². The molecule has 0 bridgehead atoms. The van der Waals surface area contributed by atoms with E-state index in [1.807, 2.05) is 0 Å². The quantitative estimate of drug-likeness (QED) is 0.838. The minimum atomic E-state index is -0.942. The maximum Gasteiger partial charge on any atom is 0.289 e. The summed E-state index contributed by atoms with van der Waals surface area (Å²) in [7, 11) is 0. The van der Waals surface area contributed by atoms with E-state index < -0.39 is 17.1 Å². The van der Waals surface area contributed by atoms with Crippen molar-refractivity contribution >= 4 is 5.91 Å². The van der Waals surface area contributed by atoms with Crippen LogP contribution in [0.25, 0.3) is 0 Å². The van der Waals surface area contributed by atoms with Gasteiger partial charge in [0.15, 0.2) is 17.3 Å². The molecule has 1 saturated carbocycles. The number of carbonyl (C=O) groups is 1. The van der Waals surface area contributed by atoms with Gasteiger partial charge in [0.1, 0.15) is 5.60 Å². The van der Waals surface area contributed by atoms with Crippen LogP contribution < -0.4 is 4.84 Å². The Bertz CT molecular complexity index is 552. The standard InChI is InChI=1S/C16H20FNO3/c1-15(2)14(19)18(16(21-15)10-6-3-7-11-16)20-13-9-5-4-8-12(13)17/h4-5,8-9H,3,6-7,10-11H2,1-2H3. The summed E-state index contributed by atoms with van der Waals surface area (Å²) in [5, 5.41) is 1.27. The Labute approximate surface area is 123 Å². The lowest BCUT2D eigenvalue weighted by Crippen LogP contribution is -2.50. The van der Waals surface area contributed by atoms with E-state index in [4.69, 9.17) is 9.57 Å². The Morgan fingerprint density at radius 3 is 2.52 bits per heavy atom. The average Bonchev–Trinajstić information content (AvgIpc) is 2.62. The van der Waals surface area contributed by atoms with Gasteiger partial charge in [-0.05, 0) is 51.7 Å². The van der Waals surface area contributed by atoms with E-state index in [1.54, 1.807) is 26.0 Å². The summed E-state index contributed by atoms with van der Waals surface area (Å²) in [6, 6.07) is 6.10. The van der Waals surface area contributed by atoms with Crippen LogP contribution in [0.2, 0.25) is 0 Å². The molecule has 4 nitrogen and oxygen atoms in total. The van der Waals surface area contributed by atoms with Crippen LogP contribution in [0.15, 0.2) is 24.3 Å². The van der Waals surface area contributed by atoms with Gasteiger partial charge in [-0.3, -0.25) is 4.79 Å². The highest BCUT2D eigenvalue weighted by Gasteiger charge is 2.58. The lowest BCUT2D eigenvalue weighted by Gasteiger charge is -2.38. The fourth-order valence-corrected chi connectivity index (χ4v) is 3.14. The van der Waals surface area contributed by atoms with Crippen molar-refractivity contribution in [3.8, 4) is 5.75 Å². The number of rotatable bonds is 2. The molecular weight excluding hydrogens is 273 g/mol. The molecule has 1 aromatic rings. The fourth-order valence-electron chi connectivity index (χ4n) is 3.14. The molecular formula is C16H20FNO3. The summed E-state index contributed by atoms with van der Waals surface area (Å²) in [5.41, 5.74) is -1.70. The summed E-state index contributed by atoms with van der Waals surface area (Å²) in [6.45, 7) is 3.47. The van der Waals surface area contributed by atoms with Crippen LogP contribution in [0.4, 0.5) is 4.39 Å². The van der Waals surface area contributed by atoms with Gasteiger partial charge in [-0.15, -0.1) is 5.06 Å². The molecule has 1 spiro atoms. The normalized spacial score (nSPS) is 23.6. The zero-order valence-corrected chi connectivity index (χ0v) is 12.4. The minimum absolute atomic E-state index is 0.0529. The van der Waals surface area contributed by atoms with Crippen LogP contribution in [0, 0.1) is 5.82 Å². The molecule has 21 heavy (non-hydrogen) atoms. The second-order valence-electron chi connectivity index (χ2n) is 6.24. The second-order valence-corrected chi connectivity index (χ2v) is 6.24. The van der Waals surface area contributed by atoms with Gasteiger partial charge in [0, 0.05) is 0 Å². The zero-order chi connectivity index (χ0) is 15.1. The van der Waals surface area contributed by atoms with Crippen LogP contribution in [0.3, 0.4) is 0 Å². The van der Waals surface area contributed by atoms with E-state index in [9.17, 15) is 9.18 Å². The van der Waals surface area contributed by atoms with E-state index >= 15 is 0 Å². The van der Waals surface area contributed by atoms with E-state index in [1.165, 1.54) is 17.2 Å². The fraction of sp³-hybridized carbons (Fsp3) is 0.562. The van der Waals surface area contributed by atoms with Gasteiger partial charge in [-0.1, -0.05) is 18.6 Å². The summed E-state index contributed by atoms with van der Waals surface area (Å²) < 4.78 is 19.9. The summed E-state index contributed by atoms with van der Waals surface area (Å²) in [5.74, 6) is -0.689. The van der Waals surface area contributed by atoms with Crippen molar-refractivity contribution in [1.29, 1.82) is 0 Å². The van der Waals surface area contributed by atoms with E-state index in [2.05, 4.69) is 0 Å². The molecule has 1 aliphatic carbocycles. The number of nitrogens with zero attached hydrogens (tertiary/aromatic N) is 1. The molecule has 0 unspecified atom stereocenters. The number of amides is 1. The number of benzene rings is 1. The average molecular weight is 293 g/mol. The predicted octanol–water partition coefficient (Wildman–Crippen LogP) is 3.42. The van der Waals surface area contributed by atoms with Crippen LogP contribution in [0.5, 0.6) is 5.75 Å². The lowest BCUT2D eigenvalue weighted by molar-refractivity contribution is -0.228. The van der Waals surface area contributed by atoms with Crippen molar-refractivity contribution < 1.29 is 18.8 Å². The molecule has 1 amide bonds. The molecule has 3 rings (SSSR count). The summed E-state index contributed by atoms with van der Waals surface area (Å²) in [4.78, 5) is 18.2. The third-order valence-corrected chi connectivity index (χ3v) is 4.18. The van der Waals surface area contributed by atoms with Gasteiger partial charge in [0.25, 0.3) is 5.91 Å². The molecule has 0 N–H and O–H groups in total. The molecule has 0 radical (unpaired) electrons. The Kier molecular flexibility index (Phi) is 3.40. The Hall–Kier alpha value is -1.62. The van der Waals surface area contributed by atoms with Crippen molar-refractivity contribution in [3.63, 3.8) is 0 Å². The van der Waals surface area contributed by atoms with Crippen LogP contribution >= 0.6 is 0 Å². The molecule has 2 fully saturated rings. The summed E-state index contributed by atoms with van der Waals surface area (Å²) >= 11 is 0. The molecule has 1 aliphatic heterocycles. The molecule has 114 valence electrons. The molecule has 2 aliphatic rings. The first-order valence-corrected chi connectivity index (χ1v) is 7.42. The van der Waals surface area contributed by atoms with Crippen LogP contribution in [-0.4, -0.2) is 22.3 Å². The zero-order valence-electron chi connectivity index (χ0n) is 12.4. The Morgan fingerprint density at radius 1 is 1.19 bits per heavy atom. The molecule has 1 saturated heterocycles. The van der Waals surface area contributed by atoms with Gasteiger partial charge in [-0.25, -0.2) is 4.39 Å². The number of halogens is 1. The largest absolute Gasteiger partial charge is 0.371 e. The number of hydrogen-bond donors (Lipinski definition) is 0. The monoisotopic (exact) mass is 293 g/mol. The molecule has 0 aromatic heterocycles. The predicted molar refractivity (Wildman–Crippen MR) is 74.9 cm³/mol. The number of para-hydroxylation sites is 1. The molecule has 1 heterocycles. The van der Waals surface area contributed by atoms with Crippen molar-refractivity contribution in [2.24, 2.45) is 0 Å². The van der Waals surface area contributed by atoms with Gasteiger partial charge < -0.3 is 9.57 Å². The molecule has 5 heteroatoms. The van der Waals surface area contributed by atoms with Crippen molar-refractivity contribution in [2.45, 2.75) is 57.3 Å². The van der Waals surface area contributed by atoms with Crippen molar-refractivity contribution in [3.05, 3.63) is 30.1 Å². The first kappa shape index (κ1) is 14.3. The highest BCUT2D eigenvalue weighted by molar-refractivity contribution is 5.86. The first-order valence-electron chi connectivity index (χ1n) is 7.42. The number of hydroxylamine groups is 2. The highest BCUT2D eigenvalue weighted by atomic mass is 19.1. The Balaban J connectivity index is 1.93. The Morgan fingerprint density at radius 2 is 1.86 bits per heavy atom. The maximum atomic E-state index is 13.8. The minimum Gasteiger partial charge on any atom is -0.371 e. The summed E-state index contributed by atoms with van der Waals surface area (Å²) in [6.07, 6.45) is 4.50. The van der Waals surface area contributed by atoms with E-state index in [-0.39, 0.29) is 11.7 Å². The van der Waals surface area contributed by atoms with Crippen molar-refractivity contribution in [2.75, 3.05) is 0 Å². The topological polar surface area (TPSA) is 38.8 Å². The van der Waals surface area contributed by atoms with Crippen LogP contribution in [0.1, 0.15) is 46.0 Å². The number of ether oxygens (including phenoxy) is 1.